The van der Waals surface area contributed by atoms with E-state index in [1.807, 2.05) is 0 Å². The molecule has 0 saturated carbocycles. The standard InChI is InChI=1S/C7H2F4O4S2/c8-2-1(7(12)16)3(9)5(11)6(4(2)10)17(13,14)15/h(H,12,16)(H,13,14,15). The minimum absolute atomic E-state index is 1.64. The van der Waals surface area contributed by atoms with Gasteiger partial charge in [-0.1, -0.05) is 0 Å². The molecule has 0 spiro atoms. The summed E-state index contributed by atoms with van der Waals surface area (Å²) in [5.74, 6) is -9.30. The highest BCUT2D eigenvalue weighted by atomic mass is 32.2. The third kappa shape index (κ3) is 2.28. The first kappa shape index (κ1) is 13.9. The fourth-order valence-corrected chi connectivity index (χ4v) is 1.85. The largest absolute Gasteiger partial charge is 0.300 e. The molecule has 0 bridgehead atoms. The van der Waals surface area contributed by atoms with E-state index < -0.39 is 49.0 Å². The van der Waals surface area contributed by atoms with Gasteiger partial charge < -0.3 is 0 Å². The smallest absolute Gasteiger partial charge is 0.282 e. The lowest BCUT2D eigenvalue weighted by molar-refractivity contribution is 0.108. The first-order valence-electron chi connectivity index (χ1n) is 3.65. The molecule has 0 aliphatic rings. The van der Waals surface area contributed by atoms with Gasteiger partial charge in [0.1, 0.15) is 5.56 Å². The predicted octanol–water partition coefficient (Wildman–Crippen LogP) is 1.56. The first-order chi connectivity index (χ1) is 7.59. The van der Waals surface area contributed by atoms with E-state index in [2.05, 4.69) is 12.6 Å². The summed E-state index contributed by atoms with van der Waals surface area (Å²) >= 11 is 2.96. The Morgan fingerprint density at radius 2 is 1.35 bits per heavy atom. The van der Waals surface area contributed by atoms with Crippen LogP contribution in [0.15, 0.2) is 4.90 Å². The number of carbonyl (C=O) groups is 1. The van der Waals surface area contributed by atoms with Crippen molar-refractivity contribution in [1.82, 2.24) is 0 Å². The zero-order valence-corrected chi connectivity index (χ0v) is 9.25. The van der Waals surface area contributed by atoms with Crippen LogP contribution in [0.3, 0.4) is 0 Å². The van der Waals surface area contributed by atoms with Crippen molar-refractivity contribution >= 4 is 27.9 Å². The highest BCUT2D eigenvalue weighted by molar-refractivity contribution is 7.97. The molecule has 1 aromatic rings. The van der Waals surface area contributed by atoms with Crippen molar-refractivity contribution in [3.8, 4) is 0 Å². The van der Waals surface area contributed by atoms with Crippen LogP contribution in [-0.4, -0.2) is 18.1 Å². The molecule has 0 aromatic heterocycles. The van der Waals surface area contributed by atoms with Gasteiger partial charge in [-0.15, -0.1) is 12.6 Å². The van der Waals surface area contributed by atoms with Crippen LogP contribution in [-0.2, 0) is 10.1 Å². The highest BCUT2D eigenvalue weighted by Gasteiger charge is 2.33. The molecule has 4 nitrogen and oxygen atoms in total. The molecular formula is C7H2F4O4S2. The van der Waals surface area contributed by atoms with Gasteiger partial charge in [0.25, 0.3) is 0 Å². The third-order valence-electron chi connectivity index (χ3n) is 1.69. The molecule has 1 N–H and O–H groups in total. The Morgan fingerprint density at radius 1 is 1.00 bits per heavy atom. The lowest BCUT2D eigenvalue weighted by Gasteiger charge is -2.07. The lowest BCUT2D eigenvalue weighted by Crippen LogP contribution is -2.14. The zero-order chi connectivity index (χ0) is 13.5. The Morgan fingerprint density at radius 3 is 1.59 bits per heavy atom. The van der Waals surface area contributed by atoms with Crippen LogP contribution < -0.4 is 0 Å². The average Bonchev–Trinajstić information content (AvgIpc) is 2.12. The maximum atomic E-state index is 13.1. The fraction of sp³-hybridized carbons (Fsp3) is 0. The van der Waals surface area contributed by atoms with E-state index in [0.717, 1.165) is 0 Å². The van der Waals surface area contributed by atoms with Gasteiger partial charge in [-0.3, -0.25) is 9.35 Å². The van der Waals surface area contributed by atoms with Crippen molar-refractivity contribution in [2.24, 2.45) is 0 Å². The Kier molecular flexibility index (Phi) is 3.50. The molecule has 0 unspecified atom stereocenters. The van der Waals surface area contributed by atoms with E-state index in [4.69, 9.17) is 4.55 Å². The van der Waals surface area contributed by atoms with E-state index in [0.29, 0.717) is 0 Å². The molecule has 94 valence electrons. The van der Waals surface area contributed by atoms with Crippen LogP contribution in [0, 0.1) is 23.3 Å². The van der Waals surface area contributed by atoms with Crippen molar-refractivity contribution in [2.75, 3.05) is 0 Å². The molecule has 0 saturated heterocycles. The Bertz CT molecular complexity index is 582. The molecule has 1 rings (SSSR count). The zero-order valence-electron chi connectivity index (χ0n) is 7.54. The van der Waals surface area contributed by atoms with Crippen molar-refractivity contribution in [1.29, 1.82) is 0 Å². The van der Waals surface area contributed by atoms with E-state index in [9.17, 15) is 30.8 Å². The van der Waals surface area contributed by atoms with Crippen LogP contribution in [0.2, 0.25) is 0 Å². The number of benzene rings is 1. The van der Waals surface area contributed by atoms with Gasteiger partial charge in [-0.2, -0.15) is 8.42 Å². The first-order valence-corrected chi connectivity index (χ1v) is 5.54. The Hall–Kier alpha value is -1.13. The van der Waals surface area contributed by atoms with Gasteiger partial charge in [0.2, 0.25) is 5.12 Å². The van der Waals surface area contributed by atoms with Crippen LogP contribution >= 0.6 is 12.6 Å². The lowest BCUT2D eigenvalue weighted by atomic mass is 10.2. The summed E-state index contributed by atoms with van der Waals surface area (Å²) in [6, 6.07) is 0. The number of carbonyl (C=O) groups excluding carboxylic acids is 1. The minimum Gasteiger partial charge on any atom is -0.282 e. The molecule has 0 fully saturated rings. The van der Waals surface area contributed by atoms with Crippen molar-refractivity contribution in [3.63, 3.8) is 0 Å². The predicted molar refractivity (Wildman–Crippen MR) is 49.4 cm³/mol. The maximum absolute atomic E-state index is 13.1. The molecule has 0 heterocycles. The van der Waals surface area contributed by atoms with Gasteiger partial charge in [0, 0.05) is 0 Å². The number of halogens is 4. The molecule has 1 aromatic carbocycles. The number of rotatable bonds is 2. The van der Waals surface area contributed by atoms with Crippen molar-refractivity contribution in [2.45, 2.75) is 4.90 Å². The maximum Gasteiger partial charge on any atom is 0.300 e. The molecule has 0 atom stereocenters. The van der Waals surface area contributed by atoms with Gasteiger partial charge in [-0.25, -0.2) is 17.6 Å². The normalized spacial score (nSPS) is 11.6. The number of thiol groups is 1. The summed E-state index contributed by atoms with van der Waals surface area (Å²) in [5, 5.41) is -1.64. The second-order valence-corrected chi connectivity index (χ2v) is 4.50. The summed E-state index contributed by atoms with van der Waals surface area (Å²) in [4.78, 5) is 8.39. The summed E-state index contributed by atoms with van der Waals surface area (Å²) in [5.41, 5.74) is -1.68. The van der Waals surface area contributed by atoms with Crippen LogP contribution in [0.4, 0.5) is 17.6 Å². The van der Waals surface area contributed by atoms with Crippen LogP contribution in [0.25, 0.3) is 0 Å². The summed E-state index contributed by atoms with van der Waals surface area (Å²) in [6.45, 7) is 0. The molecule has 0 amide bonds. The van der Waals surface area contributed by atoms with Crippen LogP contribution in [0.1, 0.15) is 10.4 Å². The van der Waals surface area contributed by atoms with Gasteiger partial charge in [-0.05, 0) is 0 Å². The van der Waals surface area contributed by atoms with Gasteiger partial charge in [0.05, 0.1) is 0 Å². The molecule has 0 radical (unpaired) electrons. The van der Waals surface area contributed by atoms with Gasteiger partial charge >= 0.3 is 10.1 Å². The third-order valence-corrected chi connectivity index (χ3v) is 2.79. The quantitative estimate of drug-likeness (QED) is 0.375. The van der Waals surface area contributed by atoms with E-state index in [-0.39, 0.29) is 0 Å². The SMILES string of the molecule is O=C(S)c1c(F)c(F)c(S(=O)(=O)O)c(F)c1F. The Labute approximate surface area is 97.4 Å². The molecule has 0 aliphatic heterocycles. The summed E-state index contributed by atoms with van der Waals surface area (Å²) < 4.78 is 81.6. The molecule has 17 heavy (non-hydrogen) atoms. The fourth-order valence-electron chi connectivity index (χ4n) is 1.03. The summed E-state index contributed by atoms with van der Waals surface area (Å²) in [6.07, 6.45) is 0. The van der Waals surface area contributed by atoms with Crippen molar-refractivity contribution in [3.05, 3.63) is 28.8 Å². The molecule has 0 aliphatic carbocycles. The number of hydrogen-bond donors (Lipinski definition) is 2. The minimum atomic E-state index is -5.52. The average molecular weight is 290 g/mol. The van der Waals surface area contributed by atoms with E-state index in [1.54, 1.807) is 0 Å². The van der Waals surface area contributed by atoms with Crippen molar-refractivity contribution < 1.29 is 35.3 Å². The molecular weight excluding hydrogens is 288 g/mol. The Balaban J connectivity index is 3.91. The summed E-state index contributed by atoms with van der Waals surface area (Å²) in [7, 11) is -5.52. The second-order valence-electron chi connectivity index (χ2n) is 2.74. The molecule has 10 heteroatoms. The monoisotopic (exact) mass is 290 g/mol. The van der Waals surface area contributed by atoms with Gasteiger partial charge in [0.15, 0.2) is 28.2 Å². The van der Waals surface area contributed by atoms with E-state index in [1.165, 1.54) is 0 Å². The highest BCUT2D eigenvalue weighted by Crippen LogP contribution is 2.28. The van der Waals surface area contributed by atoms with E-state index >= 15 is 0 Å². The number of hydrogen-bond acceptors (Lipinski definition) is 3. The van der Waals surface area contributed by atoms with Crippen LogP contribution in [0.5, 0.6) is 0 Å². The second kappa shape index (κ2) is 4.27. The topological polar surface area (TPSA) is 71.4 Å².